The summed E-state index contributed by atoms with van der Waals surface area (Å²) in [5.74, 6) is -0.893. The van der Waals surface area contributed by atoms with Crippen molar-refractivity contribution in [2.45, 2.75) is 26.5 Å². The number of benzene rings is 3. The van der Waals surface area contributed by atoms with Gasteiger partial charge in [-0.3, -0.25) is 9.59 Å². The summed E-state index contributed by atoms with van der Waals surface area (Å²) in [6.45, 7) is 2.92. The number of ether oxygens (including phenoxy) is 1. The fourth-order valence-corrected chi connectivity index (χ4v) is 4.33. The lowest BCUT2D eigenvalue weighted by atomic mass is 10.0. The molecule has 11 nitrogen and oxygen atoms in total. The average molecular weight is 535 g/mol. The highest BCUT2D eigenvalue weighted by atomic mass is 19.1. The molecule has 1 amide bonds. The molecular weight excluding hydrogens is 511 g/mol. The van der Waals surface area contributed by atoms with Crippen LogP contribution in [0.15, 0.2) is 69.9 Å². The van der Waals surface area contributed by atoms with Gasteiger partial charge in [0.1, 0.15) is 23.6 Å². The Labute approximate surface area is 219 Å². The van der Waals surface area contributed by atoms with E-state index in [4.69, 9.17) is 9.15 Å². The normalized spacial score (nSPS) is 11.7. The maximum Gasteiger partial charge on any atom is 0.376 e. The Bertz CT molecular complexity index is 1770. The number of oxazole rings is 1. The van der Waals surface area contributed by atoms with E-state index in [0.717, 1.165) is 4.68 Å². The van der Waals surface area contributed by atoms with Gasteiger partial charge in [-0.1, -0.05) is 12.1 Å². The number of aryl methyl sites for hydroxylation is 1. The minimum absolute atomic E-state index is 0.136. The van der Waals surface area contributed by atoms with Crippen molar-refractivity contribution in [3.8, 4) is 17.0 Å². The lowest BCUT2D eigenvalue weighted by Crippen LogP contribution is -2.54. The van der Waals surface area contributed by atoms with Gasteiger partial charge in [0.05, 0.1) is 23.4 Å². The predicted octanol–water partition coefficient (Wildman–Crippen LogP) is 2.67. The largest absolute Gasteiger partial charge is 0.494 e. The van der Waals surface area contributed by atoms with Crippen molar-refractivity contribution >= 4 is 33.5 Å². The van der Waals surface area contributed by atoms with Crippen LogP contribution in [0.4, 0.5) is 10.1 Å². The van der Waals surface area contributed by atoms with Gasteiger partial charge in [0, 0.05) is 23.9 Å². The molecule has 2 heterocycles. The Hall–Kier alpha value is -4.65. The summed E-state index contributed by atoms with van der Waals surface area (Å²) in [7, 11) is 0. The van der Waals surface area contributed by atoms with Crippen molar-refractivity contribution in [3.63, 3.8) is 0 Å². The molecule has 0 saturated carbocycles. The van der Waals surface area contributed by atoms with Crippen LogP contribution in [0.1, 0.15) is 12.8 Å². The van der Waals surface area contributed by atoms with Crippen molar-refractivity contribution in [1.82, 2.24) is 14.8 Å². The number of amides is 1. The second kappa shape index (κ2) is 9.91. The fourth-order valence-electron chi connectivity index (χ4n) is 4.33. The molecule has 0 saturated heterocycles. The zero-order chi connectivity index (χ0) is 27.9. The van der Waals surface area contributed by atoms with Gasteiger partial charge in [-0.25, -0.2) is 19.0 Å². The molecule has 0 fully saturated rings. The zero-order valence-corrected chi connectivity index (χ0v) is 20.8. The van der Waals surface area contributed by atoms with Crippen molar-refractivity contribution in [1.29, 1.82) is 0 Å². The highest BCUT2D eigenvalue weighted by Crippen LogP contribution is 2.29. The van der Waals surface area contributed by atoms with Crippen LogP contribution in [0.2, 0.25) is 0 Å². The van der Waals surface area contributed by atoms with Crippen LogP contribution in [0, 0.1) is 12.7 Å². The Morgan fingerprint density at radius 1 is 1.10 bits per heavy atom. The summed E-state index contributed by atoms with van der Waals surface area (Å²) in [6.07, 6.45) is -3.63. The Morgan fingerprint density at radius 3 is 2.62 bits per heavy atom. The first-order valence-electron chi connectivity index (χ1n) is 11.9. The van der Waals surface area contributed by atoms with E-state index in [-0.39, 0.29) is 27.3 Å². The summed E-state index contributed by atoms with van der Waals surface area (Å²) in [6, 6.07) is 14.4. The summed E-state index contributed by atoms with van der Waals surface area (Å²) in [5.41, 5.74) is 0.377. The molecule has 0 aliphatic carbocycles. The van der Waals surface area contributed by atoms with Gasteiger partial charge >= 0.3 is 6.10 Å². The summed E-state index contributed by atoms with van der Waals surface area (Å²) in [4.78, 5) is 31.2. The molecule has 3 N–H and O–H groups in total. The zero-order valence-electron chi connectivity index (χ0n) is 20.8. The number of rotatable bonds is 7. The quantitative estimate of drug-likeness (QED) is 0.268. The number of nitrogens with zero attached hydrogens (tertiary/aromatic N) is 4. The molecule has 5 rings (SSSR count). The smallest absolute Gasteiger partial charge is 0.376 e. The van der Waals surface area contributed by atoms with E-state index in [1.807, 2.05) is 0 Å². The van der Waals surface area contributed by atoms with Crippen LogP contribution in [0.25, 0.3) is 33.1 Å². The second-order valence-corrected chi connectivity index (χ2v) is 8.68. The summed E-state index contributed by atoms with van der Waals surface area (Å²) in [5, 5.41) is 35.0. The van der Waals surface area contributed by atoms with Crippen LogP contribution < -0.4 is 15.2 Å². The van der Waals surface area contributed by atoms with Gasteiger partial charge in [0.2, 0.25) is 0 Å². The molecule has 3 aromatic carbocycles. The third-order valence-electron chi connectivity index (χ3n) is 5.91. The number of halogens is 1. The Kier molecular flexibility index (Phi) is 6.60. The first kappa shape index (κ1) is 26.0. The number of hydrogen-bond acceptors (Lipinski definition) is 9. The molecule has 0 spiro atoms. The van der Waals surface area contributed by atoms with Crippen molar-refractivity contribution in [2.24, 2.45) is 0 Å². The van der Waals surface area contributed by atoms with E-state index in [0.29, 0.717) is 34.7 Å². The maximum atomic E-state index is 14.1. The topological polar surface area (TPSA) is 151 Å². The van der Waals surface area contributed by atoms with Gasteiger partial charge in [0.15, 0.2) is 11.5 Å². The molecule has 0 aliphatic rings. The molecule has 0 aliphatic heterocycles. The minimum Gasteiger partial charge on any atom is -0.494 e. The third-order valence-corrected chi connectivity index (χ3v) is 5.91. The first-order valence-corrected chi connectivity index (χ1v) is 11.9. The molecule has 0 radical (unpaired) electrons. The lowest BCUT2D eigenvalue weighted by molar-refractivity contribution is -0.306. The standard InChI is InChI=1S/C27H23FN4O7/c1-3-38-19-8-9-20-21(13-19)26(34)31(30-25(20)16-5-4-6-17(28)11-16)14-24(33)32(27(35,36)37)18-7-10-22-23(12-18)39-15(2)29-22/h4-13,35-37H,3,14H2,1-2H3. The van der Waals surface area contributed by atoms with Crippen molar-refractivity contribution in [3.05, 3.63) is 82.7 Å². The number of aliphatic hydroxyl groups is 3. The number of anilines is 1. The summed E-state index contributed by atoms with van der Waals surface area (Å²) >= 11 is 0. The Morgan fingerprint density at radius 2 is 1.90 bits per heavy atom. The van der Waals surface area contributed by atoms with Gasteiger partial charge < -0.3 is 24.5 Å². The monoisotopic (exact) mass is 534 g/mol. The average Bonchev–Trinajstić information content (AvgIpc) is 3.24. The third kappa shape index (κ3) is 5.08. The first-order chi connectivity index (χ1) is 18.5. The second-order valence-electron chi connectivity index (χ2n) is 8.68. The van der Waals surface area contributed by atoms with Crippen LogP contribution in [-0.4, -0.2) is 48.7 Å². The van der Waals surface area contributed by atoms with Gasteiger partial charge in [-0.05, 0) is 49.4 Å². The molecular formula is C27H23FN4O7. The molecule has 2 aromatic heterocycles. The molecule has 0 unspecified atom stereocenters. The molecule has 12 heteroatoms. The van der Waals surface area contributed by atoms with E-state index < -0.39 is 29.9 Å². The highest BCUT2D eigenvalue weighted by molar-refractivity contribution is 5.97. The molecule has 5 aromatic rings. The fraction of sp³-hybridized carbons (Fsp3) is 0.185. The maximum absolute atomic E-state index is 14.1. The molecule has 200 valence electrons. The number of aromatic nitrogens is 3. The van der Waals surface area contributed by atoms with Crippen LogP contribution in [0.5, 0.6) is 5.75 Å². The highest BCUT2D eigenvalue weighted by Gasteiger charge is 2.36. The van der Waals surface area contributed by atoms with E-state index in [1.54, 1.807) is 32.0 Å². The van der Waals surface area contributed by atoms with Crippen molar-refractivity contribution < 1.29 is 33.7 Å². The van der Waals surface area contributed by atoms with E-state index in [2.05, 4.69) is 10.1 Å². The SMILES string of the molecule is CCOc1ccc2c(-c3cccc(F)c3)nn(CC(=O)N(c3ccc4nc(C)oc4c3)C(O)(O)O)c(=O)c2c1. The van der Waals surface area contributed by atoms with E-state index in [9.17, 15) is 29.3 Å². The molecule has 0 bridgehead atoms. The number of fused-ring (bicyclic) bond motifs is 2. The summed E-state index contributed by atoms with van der Waals surface area (Å²) < 4.78 is 25.8. The lowest BCUT2D eigenvalue weighted by Gasteiger charge is -2.30. The number of hydrogen-bond donors (Lipinski definition) is 3. The van der Waals surface area contributed by atoms with E-state index in [1.165, 1.54) is 42.5 Å². The number of carbonyl (C=O) groups excluding carboxylic acids is 1. The van der Waals surface area contributed by atoms with E-state index >= 15 is 0 Å². The molecule has 0 atom stereocenters. The van der Waals surface area contributed by atoms with Crippen molar-refractivity contribution in [2.75, 3.05) is 11.5 Å². The van der Waals surface area contributed by atoms with Gasteiger partial charge in [-0.15, -0.1) is 0 Å². The van der Waals surface area contributed by atoms with Gasteiger partial charge in [-0.2, -0.15) is 5.10 Å². The van der Waals surface area contributed by atoms with Crippen LogP contribution in [0.3, 0.4) is 0 Å². The number of carbonyl (C=O) groups is 1. The van der Waals surface area contributed by atoms with Gasteiger partial charge in [0.25, 0.3) is 11.5 Å². The molecule has 39 heavy (non-hydrogen) atoms. The Balaban J connectivity index is 1.63. The minimum atomic E-state index is -3.63. The predicted molar refractivity (Wildman–Crippen MR) is 138 cm³/mol. The van der Waals surface area contributed by atoms with Crippen LogP contribution in [-0.2, 0) is 11.3 Å². The van der Waals surface area contributed by atoms with Crippen LogP contribution >= 0.6 is 0 Å².